The van der Waals surface area contributed by atoms with Crippen molar-refractivity contribution >= 4 is 23.2 Å². The second-order valence-electron chi connectivity index (χ2n) is 8.95. The summed E-state index contributed by atoms with van der Waals surface area (Å²) in [4.78, 5) is 33.1. The fraction of sp³-hybridized carbons (Fsp3) is 0.480. The summed E-state index contributed by atoms with van der Waals surface area (Å²) in [5.74, 6) is 1.06. The van der Waals surface area contributed by atoms with Crippen molar-refractivity contribution in [2.75, 3.05) is 36.4 Å². The fourth-order valence-electron chi connectivity index (χ4n) is 4.36. The van der Waals surface area contributed by atoms with Crippen molar-refractivity contribution in [1.82, 2.24) is 9.88 Å². The lowest BCUT2D eigenvalue weighted by Gasteiger charge is -2.33. The predicted molar refractivity (Wildman–Crippen MR) is 125 cm³/mol. The summed E-state index contributed by atoms with van der Waals surface area (Å²) < 4.78 is 6.10. The van der Waals surface area contributed by atoms with Crippen LogP contribution in [0, 0.1) is 11.8 Å². The number of anilines is 2. The first-order valence-electron chi connectivity index (χ1n) is 11.5. The molecule has 0 bridgehead atoms. The van der Waals surface area contributed by atoms with Crippen molar-refractivity contribution in [3.8, 4) is 5.75 Å². The first kappa shape index (κ1) is 22.1. The highest BCUT2D eigenvalue weighted by atomic mass is 16.5. The molecule has 32 heavy (non-hydrogen) atoms. The van der Waals surface area contributed by atoms with Gasteiger partial charge in [0, 0.05) is 56.8 Å². The van der Waals surface area contributed by atoms with Gasteiger partial charge in [-0.1, -0.05) is 13.8 Å². The number of hydrogen-bond acceptors (Lipinski definition) is 5. The topological polar surface area (TPSA) is 74.8 Å². The monoisotopic (exact) mass is 436 g/mol. The highest BCUT2D eigenvalue weighted by molar-refractivity contribution is 5.93. The lowest BCUT2D eigenvalue weighted by Crippen LogP contribution is -2.43. The van der Waals surface area contributed by atoms with Crippen LogP contribution in [-0.4, -0.2) is 54.0 Å². The number of carbonyl (C=O) groups excluding carboxylic acids is 2. The number of aromatic nitrogens is 1. The van der Waals surface area contributed by atoms with Crippen LogP contribution in [-0.2, 0) is 9.59 Å². The zero-order valence-corrected chi connectivity index (χ0v) is 18.9. The van der Waals surface area contributed by atoms with Gasteiger partial charge in [0.2, 0.25) is 11.8 Å². The number of carbonyl (C=O) groups is 2. The summed E-state index contributed by atoms with van der Waals surface area (Å²) in [5.41, 5.74) is 1.84. The number of nitrogens with one attached hydrogen (secondary N) is 1. The molecule has 2 aliphatic heterocycles. The third kappa shape index (κ3) is 5.39. The van der Waals surface area contributed by atoms with E-state index in [1.165, 1.54) is 0 Å². The highest BCUT2D eigenvalue weighted by Crippen LogP contribution is 2.25. The minimum absolute atomic E-state index is 0.0372. The van der Waals surface area contributed by atoms with E-state index in [2.05, 4.69) is 15.2 Å². The maximum Gasteiger partial charge on any atom is 0.229 e. The molecule has 2 fully saturated rings. The van der Waals surface area contributed by atoms with Gasteiger partial charge in [0.05, 0.1) is 17.8 Å². The molecule has 2 saturated heterocycles. The Kier molecular flexibility index (Phi) is 6.93. The van der Waals surface area contributed by atoms with Crippen LogP contribution < -0.4 is 15.0 Å². The first-order chi connectivity index (χ1) is 15.5. The fourth-order valence-corrected chi connectivity index (χ4v) is 4.36. The number of nitrogens with zero attached hydrogens (tertiary/aromatic N) is 3. The quantitative estimate of drug-likeness (QED) is 0.749. The maximum absolute atomic E-state index is 12.7. The minimum Gasteiger partial charge on any atom is -0.490 e. The van der Waals surface area contributed by atoms with Gasteiger partial charge < -0.3 is 19.9 Å². The maximum atomic E-state index is 12.7. The first-order valence-corrected chi connectivity index (χ1v) is 11.5. The van der Waals surface area contributed by atoms with E-state index in [0.717, 1.165) is 56.0 Å². The molecule has 1 atom stereocenters. The second kappa shape index (κ2) is 10.0. The zero-order valence-electron chi connectivity index (χ0n) is 18.9. The van der Waals surface area contributed by atoms with Crippen LogP contribution in [0.4, 0.5) is 11.4 Å². The van der Waals surface area contributed by atoms with E-state index < -0.39 is 0 Å². The van der Waals surface area contributed by atoms with Crippen LogP contribution >= 0.6 is 0 Å². The number of benzene rings is 1. The number of rotatable bonds is 6. The van der Waals surface area contributed by atoms with Crippen molar-refractivity contribution in [3.63, 3.8) is 0 Å². The van der Waals surface area contributed by atoms with Gasteiger partial charge in [0.25, 0.3) is 0 Å². The van der Waals surface area contributed by atoms with E-state index in [1.807, 2.05) is 61.3 Å². The molecule has 0 radical (unpaired) electrons. The number of piperidine rings is 1. The van der Waals surface area contributed by atoms with E-state index in [0.29, 0.717) is 6.54 Å². The Hall–Kier alpha value is -3.09. The molecule has 2 aliphatic rings. The van der Waals surface area contributed by atoms with Crippen LogP contribution in [0.2, 0.25) is 0 Å². The number of hydrogen-bond donors (Lipinski definition) is 1. The van der Waals surface area contributed by atoms with E-state index in [1.54, 1.807) is 6.20 Å². The van der Waals surface area contributed by atoms with Crippen molar-refractivity contribution in [2.24, 2.45) is 11.8 Å². The van der Waals surface area contributed by atoms with E-state index in [4.69, 9.17) is 4.74 Å². The van der Waals surface area contributed by atoms with Crippen molar-refractivity contribution in [3.05, 3.63) is 48.8 Å². The largest absolute Gasteiger partial charge is 0.490 e. The van der Waals surface area contributed by atoms with Crippen LogP contribution in [0.3, 0.4) is 0 Å². The second-order valence-corrected chi connectivity index (χ2v) is 8.95. The molecule has 0 aliphatic carbocycles. The Labute approximate surface area is 189 Å². The highest BCUT2D eigenvalue weighted by Gasteiger charge is 2.29. The van der Waals surface area contributed by atoms with E-state index >= 15 is 0 Å². The van der Waals surface area contributed by atoms with Crippen LogP contribution in [0.25, 0.3) is 0 Å². The molecule has 0 spiro atoms. The average molecular weight is 437 g/mol. The van der Waals surface area contributed by atoms with Gasteiger partial charge in [-0.25, -0.2) is 0 Å². The van der Waals surface area contributed by atoms with Crippen LogP contribution in [0.15, 0.2) is 48.8 Å². The van der Waals surface area contributed by atoms with E-state index in [-0.39, 0.29) is 29.8 Å². The Morgan fingerprint density at radius 2 is 1.81 bits per heavy atom. The Bertz CT molecular complexity index is 909. The number of likely N-dealkylation sites (tertiary alicyclic amines) is 1. The molecule has 0 saturated carbocycles. The smallest absolute Gasteiger partial charge is 0.229 e. The lowest BCUT2D eigenvalue weighted by molar-refractivity contribution is -0.136. The normalized spacial score (nSPS) is 19.3. The van der Waals surface area contributed by atoms with Gasteiger partial charge in [0.15, 0.2) is 0 Å². The minimum atomic E-state index is -0.0372. The summed E-state index contributed by atoms with van der Waals surface area (Å²) >= 11 is 0. The summed E-state index contributed by atoms with van der Waals surface area (Å²) in [5, 5.41) is 3.03. The summed E-state index contributed by atoms with van der Waals surface area (Å²) in [6.07, 6.45) is 6.22. The van der Waals surface area contributed by atoms with Crippen molar-refractivity contribution in [2.45, 2.75) is 39.2 Å². The Morgan fingerprint density at radius 1 is 1.06 bits per heavy atom. The molecule has 1 aromatic heterocycles. The average Bonchev–Trinajstić information content (AvgIpc) is 3.31. The number of amides is 2. The zero-order chi connectivity index (χ0) is 22.5. The molecule has 1 aromatic carbocycles. The molecule has 1 N–H and O–H groups in total. The van der Waals surface area contributed by atoms with Crippen LogP contribution in [0.5, 0.6) is 5.75 Å². The summed E-state index contributed by atoms with van der Waals surface area (Å²) in [6, 6.07) is 11.5. The van der Waals surface area contributed by atoms with Gasteiger partial charge in [-0.3, -0.25) is 14.6 Å². The molecular formula is C25H32N4O3. The molecule has 0 unspecified atom stereocenters. The Morgan fingerprint density at radius 3 is 2.47 bits per heavy atom. The third-order valence-electron chi connectivity index (χ3n) is 6.24. The number of pyridine rings is 1. The number of ether oxygens (including phenoxy) is 1. The third-order valence-corrected chi connectivity index (χ3v) is 6.24. The molecule has 2 amide bonds. The van der Waals surface area contributed by atoms with E-state index in [9.17, 15) is 9.59 Å². The molecule has 3 heterocycles. The SMILES string of the molecule is CC(C)C(=O)N1CCC(Oc2ccc(NC(=O)[C@H]3CCN(c4cccnc4)C3)cc2)CC1. The molecule has 2 aromatic rings. The van der Waals surface area contributed by atoms with Crippen molar-refractivity contribution < 1.29 is 14.3 Å². The molecule has 4 rings (SSSR count). The van der Waals surface area contributed by atoms with Gasteiger partial charge in [0.1, 0.15) is 11.9 Å². The predicted octanol–water partition coefficient (Wildman–Crippen LogP) is 3.57. The molecule has 170 valence electrons. The van der Waals surface area contributed by atoms with Crippen molar-refractivity contribution in [1.29, 1.82) is 0 Å². The lowest BCUT2D eigenvalue weighted by atomic mass is 10.1. The Balaban J connectivity index is 1.24. The van der Waals surface area contributed by atoms with Gasteiger partial charge >= 0.3 is 0 Å². The van der Waals surface area contributed by atoms with Gasteiger partial charge in [-0.05, 0) is 42.8 Å². The van der Waals surface area contributed by atoms with Gasteiger partial charge in [-0.15, -0.1) is 0 Å². The summed E-state index contributed by atoms with van der Waals surface area (Å²) in [7, 11) is 0. The standard InChI is InChI=1S/C25H32N4O3/c1-18(2)25(31)28-14-10-23(11-15-28)32-22-7-5-20(6-8-22)27-24(30)19-9-13-29(17-19)21-4-3-12-26-16-21/h3-8,12,16,18-19,23H,9-11,13-15,17H2,1-2H3,(H,27,30)/t19-/m0/s1. The van der Waals surface area contributed by atoms with Crippen LogP contribution in [0.1, 0.15) is 33.1 Å². The molecule has 7 nitrogen and oxygen atoms in total. The summed E-state index contributed by atoms with van der Waals surface area (Å²) in [6.45, 7) is 6.93. The van der Waals surface area contributed by atoms with Gasteiger partial charge in [-0.2, -0.15) is 0 Å². The molecule has 7 heteroatoms. The molecular weight excluding hydrogens is 404 g/mol.